The van der Waals surface area contributed by atoms with Crippen LogP contribution in [0.5, 0.6) is 5.75 Å². The summed E-state index contributed by atoms with van der Waals surface area (Å²) in [7, 11) is -3.29. The zero-order valence-corrected chi connectivity index (χ0v) is 13.8. The molecule has 1 saturated heterocycles. The smallest absolute Gasteiger partial charge is 0.387 e. The summed E-state index contributed by atoms with van der Waals surface area (Å²) >= 11 is 0. The van der Waals surface area contributed by atoms with Crippen LogP contribution >= 0.6 is 0 Å². The minimum Gasteiger partial charge on any atom is -0.433 e. The van der Waals surface area contributed by atoms with Crippen molar-refractivity contribution in [3.05, 3.63) is 28.3 Å². The van der Waals surface area contributed by atoms with Crippen LogP contribution in [0, 0.1) is 10.1 Å². The molecule has 1 aliphatic rings. The summed E-state index contributed by atoms with van der Waals surface area (Å²) < 4.78 is 52.3. The molecule has 0 saturated carbocycles. The van der Waals surface area contributed by atoms with Crippen LogP contribution in [0.15, 0.2) is 18.2 Å². The molecule has 0 radical (unpaired) electrons. The van der Waals surface area contributed by atoms with Crippen LogP contribution in [0.1, 0.15) is 13.3 Å². The number of hydrogen-bond donors (Lipinski definition) is 2. The standard InChI is InChI=1S/C13H15F2N3O6S/c1-7-9(4-5-25(7,22)23)16-13(19)17-10-6-8(18(20)21)2-3-11(10)24-12(14)15/h2-3,6-7,9,12H,4-5H2,1H3,(H2,16,17,19)/t7-,9-/m1/s1. The number of amides is 2. The molecule has 1 heterocycles. The maximum absolute atomic E-state index is 12.4. The van der Waals surface area contributed by atoms with Crippen LogP contribution in [-0.2, 0) is 9.84 Å². The van der Waals surface area contributed by atoms with Crippen LogP contribution < -0.4 is 15.4 Å². The summed E-state index contributed by atoms with van der Waals surface area (Å²) in [4.78, 5) is 22.0. The molecular formula is C13H15F2N3O6S. The van der Waals surface area contributed by atoms with Crippen LogP contribution in [0.4, 0.5) is 25.0 Å². The maximum atomic E-state index is 12.4. The highest BCUT2D eigenvalue weighted by Gasteiger charge is 2.37. The lowest BCUT2D eigenvalue weighted by atomic mass is 10.2. The number of nitrogens with one attached hydrogen (secondary N) is 2. The molecule has 25 heavy (non-hydrogen) atoms. The van der Waals surface area contributed by atoms with E-state index in [1.165, 1.54) is 6.92 Å². The first kappa shape index (κ1) is 18.8. The number of nitrogens with zero attached hydrogens (tertiary/aromatic N) is 1. The Hall–Kier alpha value is -2.50. The topological polar surface area (TPSA) is 128 Å². The van der Waals surface area contributed by atoms with E-state index >= 15 is 0 Å². The van der Waals surface area contributed by atoms with Gasteiger partial charge in [0.15, 0.2) is 9.84 Å². The molecule has 2 rings (SSSR count). The lowest BCUT2D eigenvalue weighted by Gasteiger charge is -2.17. The fourth-order valence-corrected chi connectivity index (χ4v) is 4.07. The highest BCUT2D eigenvalue weighted by Crippen LogP contribution is 2.30. The number of urea groups is 1. The molecule has 1 aromatic carbocycles. The fraction of sp³-hybridized carbons (Fsp3) is 0.462. The molecule has 2 amide bonds. The van der Waals surface area contributed by atoms with Gasteiger partial charge in [-0.15, -0.1) is 0 Å². The van der Waals surface area contributed by atoms with Gasteiger partial charge in [-0.3, -0.25) is 10.1 Å². The van der Waals surface area contributed by atoms with Crippen molar-refractivity contribution in [3.63, 3.8) is 0 Å². The third kappa shape index (κ3) is 4.53. The number of halogens is 2. The van der Waals surface area contributed by atoms with Crippen molar-refractivity contribution in [2.24, 2.45) is 0 Å². The van der Waals surface area contributed by atoms with Crippen molar-refractivity contribution in [3.8, 4) is 5.75 Å². The largest absolute Gasteiger partial charge is 0.433 e. The lowest BCUT2D eigenvalue weighted by molar-refractivity contribution is -0.384. The van der Waals surface area contributed by atoms with Gasteiger partial charge in [-0.2, -0.15) is 8.78 Å². The quantitative estimate of drug-likeness (QED) is 0.594. The number of carbonyl (C=O) groups is 1. The van der Waals surface area contributed by atoms with E-state index in [9.17, 15) is 32.1 Å². The molecule has 0 aliphatic carbocycles. The van der Waals surface area contributed by atoms with E-state index in [1.807, 2.05) is 0 Å². The van der Waals surface area contributed by atoms with Gasteiger partial charge in [-0.1, -0.05) is 0 Å². The number of carbonyl (C=O) groups excluding carboxylic acids is 1. The van der Waals surface area contributed by atoms with Crippen molar-refractivity contribution < 1.29 is 31.7 Å². The third-order valence-corrected chi connectivity index (χ3v) is 6.07. The first-order valence-electron chi connectivity index (χ1n) is 7.12. The van der Waals surface area contributed by atoms with Gasteiger partial charge in [0.25, 0.3) is 5.69 Å². The van der Waals surface area contributed by atoms with Gasteiger partial charge in [-0.05, 0) is 19.4 Å². The summed E-state index contributed by atoms with van der Waals surface area (Å²) in [5, 5.41) is 14.6. The minimum absolute atomic E-state index is 0.0737. The Kier molecular flexibility index (Phi) is 5.40. The van der Waals surface area contributed by atoms with E-state index in [4.69, 9.17) is 0 Å². The summed E-state index contributed by atoms with van der Waals surface area (Å²) in [6.07, 6.45) is 0.215. The molecule has 1 aliphatic heterocycles. The molecule has 12 heteroatoms. The predicted molar refractivity (Wildman–Crippen MR) is 83.5 cm³/mol. The third-order valence-electron chi connectivity index (χ3n) is 3.80. The van der Waals surface area contributed by atoms with Gasteiger partial charge in [0, 0.05) is 18.2 Å². The predicted octanol–water partition coefficient (Wildman–Crippen LogP) is 1.89. The van der Waals surface area contributed by atoms with E-state index in [-0.39, 0.29) is 17.9 Å². The molecule has 0 spiro atoms. The number of nitro benzene ring substituents is 1. The molecule has 2 atom stereocenters. The van der Waals surface area contributed by atoms with Crippen molar-refractivity contribution in [1.29, 1.82) is 0 Å². The summed E-state index contributed by atoms with van der Waals surface area (Å²) in [6.45, 7) is -1.74. The van der Waals surface area contributed by atoms with Gasteiger partial charge in [0.2, 0.25) is 0 Å². The number of alkyl halides is 2. The van der Waals surface area contributed by atoms with Gasteiger partial charge < -0.3 is 15.4 Å². The number of benzene rings is 1. The fourth-order valence-electron chi connectivity index (χ4n) is 2.41. The van der Waals surface area contributed by atoms with Crippen LogP contribution in [0.2, 0.25) is 0 Å². The summed E-state index contributed by atoms with van der Waals surface area (Å²) in [6, 6.07) is 1.22. The molecule has 0 aromatic heterocycles. The van der Waals surface area contributed by atoms with Crippen LogP contribution in [-0.4, -0.2) is 43.0 Å². The van der Waals surface area contributed by atoms with E-state index in [2.05, 4.69) is 15.4 Å². The van der Waals surface area contributed by atoms with Gasteiger partial charge >= 0.3 is 12.6 Å². The van der Waals surface area contributed by atoms with E-state index in [0.29, 0.717) is 0 Å². The van der Waals surface area contributed by atoms with Gasteiger partial charge in [0.05, 0.1) is 21.6 Å². The SMILES string of the molecule is C[C@@H]1[C@H](NC(=O)Nc2cc([N+](=O)[O-])ccc2OC(F)F)CCS1(=O)=O. The Labute approximate surface area is 141 Å². The van der Waals surface area contributed by atoms with Gasteiger partial charge in [-0.25, -0.2) is 13.2 Å². The highest BCUT2D eigenvalue weighted by molar-refractivity contribution is 7.92. The average molecular weight is 379 g/mol. The minimum atomic E-state index is -3.29. The Morgan fingerprint density at radius 1 is 1.44 bits per heavy atom. The maximum Gasteiger partial charge on any atom is 0.387 e. The Morgan fingerprint density at radius 2 is 2.12 bits per heavy atom. The normalized spacial score (nSPS) is 21.8. The zero-order chi connectivity index (χ0) is 18.8. The molecule has 138 valence electrons. The summed E-state index contributed by atoms with van der Waals surface area (Å²) in [5.74, 6) is -0.529. The second-order valence-corrected chi connectivity index (χ2v) is 7.86. The molecule has 0 unspecified atom stereocenters. The number of non-ortho nitro benzene ring substituents is 1. The lowest BCUT2D eigenvalue weighted by Crippen LogP contribution is -2.42. The molecule has 2 N–H and O–H groups in total. The average Bonchev–Trinajstić information content (AvgIpc) is 2.75. The second kappa shape index (κ2) is 7.17. The summed E-state index contributed by atoms with van der Waals surface area (Å²) in [5.41, 5.74) is -0.769. The van der Waals surface area contributed by atoms with Crippen LogP contribution in [0.25, 0.3) is 0 Å². The Bertz CT molecular complexity index is 786. The number of sulfone groups is 1. The first-order valence-corrected chi connectivity index (χ1v) is 8.84. The monoisotopic (exact) mass is 379 g/mol. The molecule has 9 nitrogen and oxygen atoms in total. The van der Waals surface area contributed by atoms with Crippen molar-refractivity contribution in [2.75, 3.05) is 11.1 Å². The van der Waals surface area contributed by atoms with Crippen molar-refractivity contribution in [1.82, 2.24) is 5.32 Å². The molecular weight excluding hydrogens is 364 g/mol. The van der Waals surface area contributed by atoms with E-state index in [0.717, 1.165) is 18.2 Å². The molecule has 1 aromatic rings. The zero-order valence-electron chi connectivity index (χ0n) is 12.9. The Balaban J connectivity index is 2.15. The van der Waals surface area contributed by atoms with Gasteiger partial charge in [0.1, 0.15) is 5.75 Å². The molecule has 0 bridgehead atoms. The number of anilines is 1. The van der Waals surface area contributed by atoms with E-state index < -0.39 is 50.1 Å². The molecule has 1 fully saturated rings. The number of rotatable bonds is 5. The van der Waals surface area contributed by atoms with E-state index in [1.54, 1.807) is 0 Å². The number of hydrogen-bond acceptors (Lipinski definition) is 6. The van der Waals surface area contributed by atoms with Crippen molar-refractivity contribution in [2.45, 2.75) is 31.2 Å². The first-order chi connectivity index (χ1) is 11.6. The Morgan fingerprint density at radius 3 is 2.64 bits per heavy atom. The number of nitro groups is 1. The van der Waals surface area contributed by atoms with Crippen molar-refractivity contribution >= 4 is 27.2 Å². The highest BCUT2D eigenvalue weighted by atomic mass is 32.2. The second-order valence-electron chi connectivity index (χ2n) is 5.38. The number of ether oxygens (including phenoxy) is 1. The van der Waals surface area contributed by atoms with Crippen LogP contribution in [0.3, 0.4) is 0 Å².